The molecular weight excluding hydrogens is 192 g/mol. The average molecular weight is 212 g/mol. The first-order valence-electron chi connectivity index (χ1n) is 5.77. The van der Waals surface area contributed by atoms with Crippen LogP contribution in [0.5, 0.6) is 0 Å². The van der Waals surface area contributed by atoms with Gasteiger partial charge in [0.15, 0.2) is 0 Å². The fourth-order valence-corrected chi connectivity index (χ4v) is 1.89. The molecule has 86 valence electrons. The van der Waals surface area contributed by atoms with E-state index in [1.165, 1.54) is 0 Å². The van der Waals surface area contributed by atoms with Gasteiger partial charge in [-0.3, -0.25) is 14.9 Å². The molecular formula is C11H20N2O2. The van der Waals surface area contributed by atoms with Gasteiger partial charge in [-0.05, 0) is 19.3 Å². The van der Waals surface area contributed by atoms with Gasteiger partial charge in [-0.15, -0.1) is 0 Å². The molecule has 1 heterocycles. The highest BCUT2D eigenvalue weighted by Crippen LogP contribution is 2.09. The van der Waals surface area contributed by atoms with Gasteiger partial charge in [-0.25, -0.2) is 0 Å². The Balaban J connectivity index is 2.42. The molecule has 2 atom stereocenters. The first-order chi connectivity index (χ1) is 7.17. The molecule has 0 spiro atoms. The van der Waals surface area contributed by atoms with Gasteiger partial charge in [0, 0.05) is 12.5 Å². The monoisotopic (exact) mass is 212 g/mol. The Bertz CT molecular complexity index is 241. The summed E-state index contributed by atoms with van der Waals surface area (Å²) in [6.07, 6.45) is 4.29. The molecule has 0 aromatic rings. The molecule has 15 heavy (non-hydrogen) atoms. The van der Waals surface area contributed by atoms with Crippen LogP contribution in [0.2, 0.25) is 0 Å². The molecule has 2 amide bonds. The van der Waals surface area contributed by atoms with E-state index in [1.807, 2.05) is 0 Å². The van der Waals surface area contributed by atoms with E-state index in [-0.39, 0.29) is 17.9 Å². The van der Waals surface area contributed by atoms with Gasteiger partial charge in [0.25, 0.3) is 0 Å². The van der Waals surface area contributed by atoms with Gasteiger partial charge in [-0.2, -0.15) is 0 Å². The maximum absolute atomic E-state index is 11.5. The lowest BCUT2D eigenvalue weighted by atomic mass is 10.0. The van der Waals surface area contributed by atoms with Crippen molar-refractivity contribution < 1.29 is 9.59 Å². The van der Waals surface area contributed by atoms with Crippen LogP contribution < -0.4 is 10.6 Å². The molecule has 0 aliphatic carbocycles. The van der Waals surface area contributed by atoms with Gasteiger partial charge >= 0.3 is 0 Å². The lowest BCUT2D eigenvalue weighted by Crippen LogP contribution is -2.53. The van der Waals surface area contributed by atoms with Crippen LogP contribution in [0.15, 0.2) is 0 Å². The second-order valence-corrected chi connectivity index (χ2v) is 4.06. The van der Waals surface area contributed by atoms with Crippen LogP contribution in [0.3, 0.4) is 0 Å². The second-order valence-electron chi connectivity index (χ2n) is 4.06. The van der Waals surface area contributed by atoms with E-state index in [4.69, 9.17) is 0 Å². The summed E-state index contributed by atoms with van der Waals surface area (Å²) in [6, 6.07) is 0.207. The van der Waals surface area contributed by atoms with Crippen molar-refractivity contribution in [3.63, 3.8) is 0 Å². The molecule has 0 saturated carbocycles. The smallest absolute Gasteiger partial charge is 0.243 e. The summed E-state index contributed by atoms with van der Waals surface area (Å²) in [5.41, 5.74) is 0. The Morgan fingerprint density at radius 3 is 2.73 bits per heavy atom. The number of imide groups is 1. The minimum atomic E-state index is -0.181. The topological polar surface area (TPSA) is 58.2 Å². The zero-order chi connectivity index (χ0) is 11.3. The molecule has 2 N–H and O–H groups in total. The number of hydrogen-bond acceptors (Lipinski definition) is 3. The van der Waals surface area contributed by atoms with E-state index >= 15 is 0 Å². The van der Waals surface area contributed by atoms with E-state index in [1.54, 1.807) is 0 Å². The normalized spacial score (nSPS) is 23.7. The van der Waals surface area contributed by atoms with Crippen molar-refractivity contribution in [2.75, 3.05) is 0 Å². The number of piperidine rings is 1. The molecule has 4 heteroatoms. The van der Waals surface area contributed by atoms with Crippen LogP contribution in [0.25, 0.3) is 0 Å². The predicted molar refractivity (Wildman–Crippen MR) is 58.3 cm³/mol. The molecule has 0 radical (unpaired) electrons. The number of hydrogen-bond donors (Lipinski definition) is 2. The Morgan fingerprint density at radius 1 is 1.47 bits per heavy atom. The zero-order valence-electron chi connectivity index (χ0n) is 9.51. The van der Waals surface area contributed by atoms with Crippen LogP contribution in [0, 0.1) is 0 Å². The maximum Gasteiger partial charge on any atom is 0.243 e. The number of nitrogens with one attached hydrogen (secondary N) is 2. The van der Waals surface area contributed by atoms with E-state index in [0.29, 0.717) is 18.9 Å². The van der Waals surface area contributed by atoms with Gasteiger partial charge in [-0.1, -0.05) is 20.3 Å². The number of carbonyl (C=O) groups excluding carboxylic acids is 2. The molecule has 4 nitrogen and oxygen atoms in total. The summed E-state index contributed by atoms with van der Waals surface area (Å²) in [6.45, 7) is 4.24. The van der Waals surface area contributed by atoms with Crippen molar-refractivity contribution >= 4 is 11.8 Å². The molecule has 1 saturated heterocycles. The SMILES string of the molecule is CCCC(CC)NC1CCC(=O)NC1=O. The molecule has 0 bridgehead atoms. The zero-order valence-corrected chi connectivity index (χ0v) is 9.51. The van der Waals surface area contributed by atoms with E-state index in [9.17, 15) is 9.59 Å². The van der Waals surface area contributed by atoms with Crippen molar-refractivity contribution in [3.8, 4) is 0 Å². The highest BCUT2D eigenvalue weighted by molar-refractivity contribution is 6.00. The minimum Gasteiger partial charge on any atom is -0.303 e. The van der Waals surface area contributed by atoms with Crippen LogP contribution in [0.1, 0.15) is 46.0 Å². The van der Waals surface area contributed by atoms with E-state index < -0.39 is 0 Å². The van der Waals surface area contributed by atoms with Crippen LogP contribution in [-0.2, 0) is 9.59 Å². The Kier molecular flexibility index (Phi) is 4.75. The van der Waals surface area contributed by atoms with Crippen LogP contribution in [-0.4, -0.2) is 23.9 Å². The standard InChI is InChI=1S/C11H20N2O2/c1-3-5-8(4-2)12-9-6-7-10(14)13-11(9)15/h8-9,12H,3-7H2,1-2H3,(H,13,14,15). The maximum atomic E-state index is 11.5. The summed E-state index contributed by atoms with van der Waals surface area (Å²) in [5, 5.41) is 5.67. The molecule has 1 aliphatic rings. The highest BCUT2D eigenvalue weighted by Gasteiger charge is 2.27. The highest BCUT2D eigenvalue weighted by atomic mass is 16.2. The minimum absolute atomic E-state index is 0.151. The third-order valence-electron chi connectivity index (χ3n) is 2.81. The van der Waals surface area contributed by atoms with E-state index in [2.05, 4.69) is 24.5 Å². The summed E-state index contributed by atoms with van der Waals surface area (Å²) < 4.78 is 0. The summed E-state index contributed by atoms with van der Waals surface area (Å²) in [5.74, 6) is -0.317. The van der Waals surface area contributed by atoms with Gasteiger partial charge in [0.05, 0.1) is 6.04 Å². The predicted octanol–water partition coefficient (Wildman–Crippen LogP) is 0.960. The van der Waals surface area contributed by atoms with Gasteiger partial charge in [0.1, 0.15) is 0 Å². The molecule has 2 unspecified atom stereocenters. The molecule has 0 aromatic heterocycles. The van der Waals surface area contributed by atoms with Crippen molar-refractivity contribution in [2.45, 2.75) is 58.0 Å². The largest absolute Gasteiger partial charge is 0.303 e. The molecule has 1 rings (SSSR count). The lowest BCUT2D eigenvalue weighted by molar-refractivity contribution is -0.134. The Labute approximate surface area is 90.8 Å². The van der Waals surface area contributed by atoms with Crippen molar-refractivity contribution in [3.05, 3.63) is 0 Å². The van der Waals surface area contributed by atoms with Crippen LogP contribution >= 0.6 is 0 Å². The Hall–Kier alpha value is -0.900. The summed E-state index contributed by atoms with van der Waals surface area (Å²) >= 11 is 0. The number of amides is 2. The van der Waals surface area contributed by atoms with Crippen molar-refractivity contribution in [1.29, 1.82) is 0 Å². The molecule has 1 fully saturated rings. The third kappa shape index (κ3) is 3.63. The average Bonchev–Trinajstić information content (AvgIpc) is 2.21. The summed E-state index contributed by atoms with van der Waals surface area (Å²) in [7, 11) is 0. The fraction of sp³-hybridized carbons (Fsp3) is 0.818. The van der Waals surface area contributed by atoms with Crippen molar-refractivity contribution in [1.82, 2.24) is 10.6 Å². The second kappa shape index (κ2) is 5.85. The van der Waals surface area contributed by atoms with Gasteiger partial charge < -0.3 is 5.32 Å². The first kappa shape index (κ1) is 12.2. The van der Waals surface area contributed by atoms with E-state index in [0.717, 1.165) is 19.3 Å². The lowest BCUT2D eigenvalue weighted by Gasteiger charge is -2.26. The number of rotatable bonds is 5. The fourth-order valence-electron chi connectivity index (χ4n) is 1.89. The van der Waals surface area contributed by atoms with Crippen molar-refractivity contribution in [2.24, 2.45) is 0 Å². The molecule has 0 aromatic carbocycles. The van der Waals surface area contributed by atoms with Crippen LogP contribution in [0.4, 0.5) is 0 Å². The number of carbonyl (C=O) groups is 2. The van der Waals surface area contributed by atoms with Gasteiger partial charge in [0.2, 0.25) is 11.8 Å². The quantitative estimate of drug-likeness (QED) is 0.667. The summed E-state index contributed by atoms with van der Waals surface area (Å²) in [4.78, 5) is 22.4. The Morgan fingerprint density at radius 2 is 2.20 bits per heavy atom. The first-order valence-corrected chi connectivity index (χ1v) is 5.77. The molecule has 1 aliphatic heterocycles. The third-order valence-corrected chi connectivity index (χ3v) is 2.81.